The second-order valence-corrected chi connectivity index (χ2v) is 38.9. The minimum Gasteiger partial charge on any atom is -0.369 e. The molecule has 3 aliphatic heterocycles. The fraction of sp³-hybridized carbons (Fsp3) is 0.338. The van der Waals surface area contributed by atoms with Crippen molar-refractivity contribution in [2.24, 2.45) is 0 Å². The zero-order chi connectivity index (χ0) is 92.0. The summed E-state index contributed by atoms with van der Waals surface area (Å²) in [7, 11) is -14.0. The summed E-state index contributed by atoms with van der Waals surface area (Å²) in [4.78, 5) is 118. The zero-order valence-electron chi connectivity index (χ0n) is 69.2. The van der Waals surface area contributed by atoms with Crippen LogP contribution in [0.5, 0.6) is 0 Å². The molecule has 0 amide bonds. The maximum Gasteiger partial charge on any atom is 0.356 e. The third-order valence-electron chi connectivity index (χ3n) is 19.1. The van der Waals surface area contributed by atoms with Gasteiger partial charge in [0.05, 0.1) is 110 Å². The van der Waals surface area contributed by atoms with E-state index in [2.05, 4.69) is 64.7 Å². The van der Waals surface area contributed by atoms with E-state index < -0.39 is 58.7 Å². The lowest BCUT2D eigenvalue weighted by molar-refractivity contribution is 0.0559. The number of nitrogens with zero attached hydrogens (tertiary/aromatic N) is 13. The Labute approximate surface area is 758 Å². The lowest BCUT2D eigenvalue weighted by Crippen LogP contribution is -2.17. The number of H-pyrrole nitrogens is 4. The molecule has 12 N–H and O–H groups in total. The van der Waals surface area contributed by atoms with Gasteiger partial charge in [-0.2, -0.15) is 19.9 Å². The van der Waals surface area contributed by atoms with Gasteiger partial charge in [-0.3, -0.25) is 80.5 Å². The van der Waals surface area contributed by atoms with E-state index >= 15 is 0 Å². The smallest absolute Gasteiger partial charge is 0.356 e. The molecule has 3 fully saturated rings. The molecule has 8 aromatic heterocycles. The number of hydrogen-bond donors (Lipinski definition) is 8. The normalized spacial score (nSPS) is 18.8. The first-order chi connectivity index (χ1) is 62.6. The number of nitrogens with one attached hydrogen (secondary N) is 4. The number of imidazole rings is 4. The van der Waals surface area contributed by atoms with E-state index in [-0.39, 0.29) is 177 Å². The molecule has 3 saturated heterocycles. The van der Waals surface area contributed by atoms with Crippen LogP contribution in [0.1, 0.15) is 88.0 Å². The van der Waals surface area contributed by atoms with E-state index in [9.17, 15) is 51.4 Å². The number of thioether (sulfide) groups is 2. The summed E-state index contributed by atoms with van der Waals surface area (Å²) < 4.78 is 138. The van der Waals surface area contributed by atoms with Crippen molar-refractivity contribution >= 4 is 150 Å². The average molecular weight is 1940 g/mol. The largest absolute Gasteiger partial charge is 0.369 e. The maximum absolute atomic E-state index is 13.5. The molecule has 3 aliphatic rings. The topological polar surface area (TPSA) is 576 Å². The van der Waals surface area contributed by atoms with E-state index in [4.69, 9.17) is 96.2 Å². The van der Waals surface area contributed by atoms with Gasteiger partial charge in [0.25, 0.3) is 22.2 Å². The molecule has 0 saturated carbocycles. The van der Waals surface area contributed by atoms with Crippen molar-refractivity contribution in [1.82, 2.24) is 78.1 Å². The SMILES string of the molecule is C.Nc1nc2c(ncn2CCOCP2(=O)OCCC(c3ccc(Cl)cc3)O2)c(=O)[nH]1.Nc1nc2c(ncn2CCOCP2(=O)OCCC(c3ccc(F)cc3)O2)c(=O)[nH]1.Nc1nc2c(ncn2CCOCP2(=O)OCCC(c3ccccc3)O2)c(=O)[nH]1.[C-]#[N+]c1ccc(C(=O)SCCOP(=O)(COCCn2cnc3c(=O)[nH]c(N)nc32)OCCSC(=O)c2ccc(C)cc2)cc1. The molecular formula is C80H91ClFN21O22P4S2. The standard InChI is InChI=1S/C28H29N6O7PS2.C17H19ClN5O5P.C17H19FN5O5P.C17H20N5O5P.CH4/c1-19-3-5-20(6-4-19)26(36)43-15-13-40-42(38,41-14-16-44-27(37)21-7-9-22(30-2)10-8-21)18-39-12-11-34-17-31-23-24(34)32-28(29)33-25(23)35;2*18-12-3-1-11(2-4-12)13-5-7-27-29(25,28-13)10-26-8-6-23-9-20-14-15(23)21-17(19)22-16(14)24;18-17-20-15-14(16(23)21-17)19-10-22(15)7-9-25-11-28(24)26-8-6-13(27-28)12-4-2-1-3-5-12;/h3-10,17H,11-16,18H2,1H3,(H3,29,32,33,35);2*1-4,9,13H,5-8,10H2,(H3,19,21,22,24);1-5,10,13H,6-9,11H2,(H3,18,20,21,23);1H4. The van der Waals surface area contributed by atoms with Gasteiger partial charge in [-0.25, -0.2) is 29.2 Å². The highest BCUT2D eigenvalue weighted by Gasteiger charge is 2.38. The Morgan fingerprint density at radius 1 is 0.496 bits per heavy atom. The first-order valence-corrected chi connectivity index (χ1v) is 49.1. The van der Waals surface area contributed by atoms with Crippen molar-refractivity contribution in [3.05, 3.63) is 250 Å². The third-order valence-corrected chi connectivity index (χ3v) is 27.7. The fourth-order valence-corrected chi connectivity index (χ4v) is 20.4. The van der Waals surface area contributed by atoms with Crippen molar-refractivity contribution < 1.29 is 87.4 Å². The highest BCUT2D eigenvalue weighted by molar-refractivity contribution is 8.14. The van der Waals surface area contributed by atoms with Gasteiger partial charge in [-0.1, -0.05) is 151 Å². The van der Waals surface area contributed by atoms with Gasteiger partial charge in [-0.15, -0.1) is 0 Å². The molecular weight excluding hydrogens is 1850 g/mol. The Kier molecular flexibility index (Phi) is 35.0. The summed E-state index contributed by atoms with van der Waals surface area (Å²) in [5.41, 5.74) is 27.7. The van der Waals surface area contributed by atoms with Gasteiger partial charge in [0.15, 0.2) is 50.3 Å². The van der Waals surface area contributed by atoms with Crippen LogP contribution >= 0.6 is 65.5 Å². The molecule has 694 valence electrons. The lowest BCUT2D eigenvalue weighted by atomic mass is 10.1. The zero-order valence-corrected chi connectivity index (χ0v) is 75.2. The molecule has 7 unspecified atom stereocenters. The summed E-state index contributed by atoms with van der Waals surface area (Å²) in [5, 5.41) is 0.266. The van der Waals surface area contributed by atoms with Crippen molar-refractivity contribution in [3.63, 3.8) is 0 Å². The summed E-state index contributed by atoms with van der Waals surface area (Å²) in [6.07, 6.45) is 5.56. The van der Waals surface area contributed by atoms with Crippen LogP contribution in [0.15, 0.2) is 172 Å². The first kappa shape index (κ1) is 98.9. The molecule has 13 aromatic rings. The second-order valence-electron chi connectivity index (χ2n) is 28.5. The molecule has 0 bridgehead atoms. The molecule has 43 nitrogen and oxygen atoms in total. The number of aromatic nitrogens is 16. The van der Waals surface area contributed by atoms with Crippen molar-refractivity contribution in [2.75, 3.05) is 119 Å². The number of aryl methyl sites for hydroxylation is 1. The van der Waals surface area contributed by atoms with Gasteiger partial charge in [0.2, 0.25) is 34.0 Å². The number of fused-ring (bicyclic) bond motifs is 4. The average Bonchev–Trinajstić information content (AvgIpc) is 1.73. The van der Waals surface area contributed by atoms with Crippen LogP contribution in [0, 0.1) is 19.3 Å². The van der Waals surface area contributed by atoms with Crippen LogP contribution in [0.25, 0.3) is 49.5 Å². The Morgan fingerprint density at radius 2 is 0.824 bits per heavy atom. The summed E-state index contributed by atoms with van der Waals surface area (Å²) >= 11 is 7.93. The monoisotopic (exact) mass is 1940 g/mol. The van der Waals surface area contributed by atoms with E-state index in [0.29, 0.717) is 90.9 Å². The number of carbonyl (C=O) groups excluding carboxylic acids is 2. The van der Waals surface area contributed by atoms with Gasteiger partial charge < -0.3 is 82.8 Å². The Bertz CT molecular complexity index is 6440. The van der Waals surface area contributed by atoms with Gasteiger partial charge in [0, 0.05) is 73.1 Å². The second kappa shape index (κ2) is 46.3. The molecule has 0 spiro atoms. The van der Waals surface area contributed by atoms with E-state index in [1.807, 2.05) is 61.5 Å². The highest BCUT2D eigenvalue weighted by atomic mass is 35.5. The summed E-state index contributed by atoms with van der Waals surface area (Å²) in [6, 6.07) is 36.2. The number of benzene rings is 5. The number of nitrogen functional groups attached to an aromatic ring is 4. The minimum atomic E-state index is -3.79. The van der Waals surface area contributed by atoms with Crippen LogP contribution < -0.4 is 45.2 Å². The number of ether oxygens (including phenoxy) is 4. The quantitative estimate of drug-likeness (QED) is 0.0108. The van der Waals surface area contributed by atoms with Crippen LogP contribution in [0.3, 0.4) is 0 Å². The fourth-order valence-electron chi connectivity index (χ4n) is 12.8. The third kappa shape index (κ3) is 27.5. The molecule has 0 radical (unpaired) electrons. The number of halogens is 2. The van der Waals surface area contributed by atoms with Gasteiger partial charge >= 0.3 is 30.4 Å². The van der Waals surface area contributed by atoms with Gasteiger partial charge in [-0.05, 0) is 47.9 Å². The number of anilines is 4. The molecule has 131 heavy (non-hydrogen) atoms. The van der Waals surface area contributed by atoms with Crippen molar-refractivity contribution in [2.45, 2.75) is 78.1 Å². The summed E-state index contributed by atoms with van der Waals surface area (Å²) in [5.74, 6) is 0.0405. The number of rotatable bonds is 33. The molecule has 51 heteroatoms. The predicted octanol–water partition coefficient (Wildman–Crippen LogP) is 12.5. The number of hydrogen-bond acceptors (Lipinski definition) is 36. The first-order valence-electron chi connectivity index (χ1n) is 39.8. The van der Waals surface area contributed by atoms with E-state index in [0.717, 1.165) is 45.8 Å². The predicted molar refractivity (Wildman–Crippen MR) is 488 cm³/mol. The van der Waals surface area contributed by atoms with Crippen LogP contribution in [0.4, 0.5) is 33.9 Å². The number of nitrogens with two attached hydrogens (primary N) is 4. The molecule has 7 atom stereocenters. The number of aromatic amines is 4. The van der Waals surface area contributed by atoms with Crippen LogP contribution in [0.2, 0.25) is 5.02 Å². The van der Waals surface area contributed by atoms with E-state index in [1.165, 1.54) is 37.4 Å². The minimum absolute atomic E-state index is 0. The molecule has 11 heterocycles. The lowest BCUT2D eigenvalue weighted by Gasteiger charge is -2.29. The van der Waals surface area contributed by atoms with E-state index in [1.54, 1.807) is 78.9 Å². The summed E-state index contributed by atoms with van der Waals surface area (Å²) in [6.45, 7) is 11.6. The van der Waals surface area contributed by atoms with Crippen molar-refractivity contribution in [3.8, 4) is 0 Å². The van der Waals surface area contributed by atoms with Gasteiger partial charge in [0.1, 0.15) is 31.2 Å². The highest BCUT2D eigenvalue weighted by Crippen LogP contribution is 2.58. The van der Waals surface area contributed by atoms with Crippen LogP contribution in [-0.2, 0) is 99.6 Å². The Hall–Kier alpha value is -11.1. The van der Waals surface area contributed by atoms with Crippen molar-refractivity contribution in [1.29, 1.82) is 0 Å². The number of carbonyl (C=O) groups is 2. The van der Waals surface area contributed by atoms with Crippen LogP contribution in [-0.4, -0.2) is 185 Å². The molecule has 0 aliphatic carbocycles. The maximum atomic E-state index is 13.5. The Balaban J connectivity index is 0.000000160. The molecule has 16 rings (SSSR count). The molecule has 5 aromatic carbocycles. The Morgan fingerprint density at radius 3 is 1.18 bits per heavy atom.